The Bertz CT molecular complexity index is 443. The molecule has 0 aliphatic carbocycles. The molecule has 0 spiro atoms. The summed E-state index contributed by atoms with van der Waals surface area (Å²) < 4.78 is 5.70. The second kappa shape index (κ2) is 8.67. The van der Waals surface area contributed by atoms with Gasteiger partial charge in [0.25, 0.3) is 0 Å². The van der Waals surface area contributed by atoms with E-state index in [1.807, 2.05) is 52.0 Å². The monoisotopic (exact) mass is 293 g/mol. The molecule has 0 fully saturated rings. The van der Waals surface area contributed by atoms with Crippen LogP contribution in [0.5, 0.6) is 5.75 Å². The summed E-state index contributed by atoms with van der Waals surface area (Å²) in [6, 6.07) is 7.59. The number of hydrogen-bond acceptors (Lipinski definition) is 3. The first-order valence-electron chi connectivity index (χ1n) is 7.59. The van der Waals surface area contributed by atoms with Gasteiger partial charge in [0.2, 0.25) is 5.91 Å². The van der Waals surface area contributed by atoms with Gasteiger partial charge in [-0.25, -0.2) is 0 Å². The van der Waals surface area contributed by atoms with E-state index < -0.39 is 0 Å². The number of para-hydroxylation sites is 1. The van der Waals surface area contributed by atoms with E-state index in [1.165, 1.54) is 0 Å². The maximum atomic E-state index is 12.0. The van der Waals surface area contributed by atoms with Crippen LogP contribution in [0.15, 0.2) is 24.3 Å². The highest BCUT2D eigenvalue weighted by Crippen LogP contribution is 2.19. The Hall–Kier alpha value is -1.55. The molecular formula is C17H27NO3. The molecule has 0 saturated heterocycles. The zero-order valence-electron chi connectivity index (χ0n) is 13.4. The van der Waals surface area contributed by atoms with Crippen molar-refractivity contribution < 1.29 is 14.6 Å². The zero-order chi connectivity index (χ0) is 15.8. The van der Waals surface area contributed by atoms with Gasteiger partial charge in [0.15, 0.2) is 0 Å². The van der Waals surface area contributed by atoms with Crippen molar-refractivity contribution in [2.75, 3.05) is 6.54 Å². The van der Waals surface area contributed by atoms with Crippen LogP contribution in [0.3, 0.4) is 0 Å². The third-order valence-electron chi connectivity index (χ3n) is 3.22. The van der Waals surface area contributed by atoms with Gasteiger partial charge in [0.1, 0.15) is 5.75 Å². The van der Waals surface area contributed by atoms with Crippen LogP contribution in [0.25, 0.3) is 0 Å². The van der Waals surface area contributed by atoms with Gasteiger partial charge in [-0.05, 0) is 32.3 Å². The van der Waals surface area contributed by atoms with Crippen LogP contribution in [0.2, 0.25) is 0 Å². The smallest absolute Gasteiger partial charge is 0.224 e. The van der Waals surface area contributed by atoms with E-state index in [-0.39, 0.29) is 24.0 Å². The Morgan fingerprint density at radius 2 is 1.90 bits per heavy atom. The van der Waals surface area contributed by atoms with E-state index in [4.69, 9.17) is 4.74 Å². The summed E-state index contributed by atoms with van der Waals surface area (Å²) in [5.41, 5.74) is 0.883. The predicted octanol–water partition coefficient (Wildman–Crippen LogP) is 2.54. The number of amides is 1. The molecule has 0 aliphatic heterocycles. The largest absolute Gasteiger partial charge is 0.491 e. The molecule has 1 atom stereocenters. The minimum absolute atomic E-state index is 0.0502. The van der Waals surface area contributed by atoms with Crippen molar-refractivity contribution in [2.45, 2.75) is 52.7 Å². The molecule has 118 valence electrons. The number of aliphatic hydroxyl groups is 1. The zero-order valence-corrected chi connectivity index (χ0v) is 13.4. The first-order chi connectivity index (χ1) is 9.90. The van der Waals surface area contributed by atoms with Crippen molar-refractivity contribution >= 4 is 5.91 Å². The minimum atomic E-state index is -0.373. The van der Waals surface area contributed by atoms with Gasteiger partial charge in [-0.2, -0.15) is 0 Å². The van der Waals surface area contributed by atoms with E-state index in [0.717, 1.165) is 11.3 Å². The molecule has 4 nitrogen and oxygen atoms in total. The fourth-order valence-corrected chi connectivity index (χ4v) is 1.95. The number of aliphatic hydroxyl groups excluding tert-OH is 1. The van der Waals surface area contributed by atoms with Crippen molar-refractivity contribution in [1.82, 2.24) is 5.32 Å². The lowest BCUT2D eigenvalue weighted by Gasteiger charge is -2.16. The van der Waals surface area contributed by atoms with Crippen molar-refractivity contribution in [1.29, 1.82) is 0 Å². The van der Waals surface area contributed by atoms with Crippen LogP contribution in [0, 0.1) is 5.92 Å². The molecule has 1 aromatic rings. The third-order valence-corrected chi connectivity index (χ3v) is 3.22. The summed E-state index contributed by atoms with van der Waals surface area (Å²) in [6.07, 6.45) is 0.575. The van der Waals surface area contributed by atoms with Gasteiger partial charge in [-0.3, -0.25) is 4.79 Å². The molecule has 1 rings (SSSR count). The van der Waals surface area contributed by atoms with E-state index in [2.05, 4.69) is 5.32 Å². The highest BCUT2D eigenvalue weighted by Gasteiger charge is 2.12. The third kappa shape index (κ3) is 6.63. The number of carbonyl (C=O) groups excluding carboxylic acids is 1. The Balaban J connectivity index is 2.48. The number of rotatable bonds is 8. The highest BCUT2D eigenvalue weighted by molar-refractivity contribution is 5.79. The van der Waals surface area contributed by atoms with Gasteiger partial charge in [0.05, 0.1) is 18.6 Å². The van der Waals surface area contributed by atoms with Crippen molar-refractivity contribution in [3.05, 3.63) is 29.8 Å². The average Bonchev–Trinajstić information content (AvgIpc) is 2.40. The number of hydrogen-bond donors (Lipinski definition) is 2. The average molecular weight is 293 g/mol. The second-order valence-electron chi connectivity index (χ2n) is 5.90. The summed E-state index contributed by atoms with van der Waals surface area (Å²) in [5.74, 6) is 0.915. The lowest BCUT2D eigenvalue weighted by molar-refractivity contribution is -0.120. The summed E-state index contributed by atoms with van der Waals surface area (Å²) in [7, 11) is 0. The Labute approximate surface area is 127 Å². The molecule has 0 heterocycles. The Morgan fingerprint density at radius 1 is 1.24 bits per heavy atom. The Kier molecular flexibility index (Phi) is 7.23. The molecule has 0 aliphatic rings. The molecule has 0 bridgehead atoms. The second-order valence-corrected chi connectivity index (χ2v) is 5.90. The fourth-order valence-electron chi connectivity index (χ4n) is 1.95. The normalized spacial score (nSPS) is 12.5. The van der Waals surface area contributed by atoms with Gasteiger partial charge >= 0.3 is 0 Å². The van der Waals surface area contributed by atoms with Crippen LogP contribution < -0.4 is 10.1 Å². The van der Waals surface area contributed by atoms with E-state index >= 15 is 0 Å². The predicted molar refractivity (Wildman–Crippen MR) is 84.4 cm³/mol. The molecule has 2 N–H and O–H groups in total. The minimum Gasteiger partial charge on any atom is -0.491 e. The van der Waals surface area contributed by atoms with Gasteiger partial charge < -0.3 is 15.2 Å². The van der Waals surface area contributed by atoms with Crippen LogP contribution >= 0.6 is 0 Å². The SMILES string of the molecule is CC(C)Oc1ccccc1CC(=O)NCCC(O)C(C)C. The summed E-state index contributed by atoms with van der Waals surface area (Å²) in [6.45, 7) is 8.34. The van der Waals surface area contributed by atoms with E-state index in [1.54, 1.807) is 0 Å². The lowest BCUT2D eigenvalue weighted by atomic mass is 10.0. The maximum Gasteiger partial charge on any atom is 0.224 e. The van der Waals surface area contributed by atoms with E-state index in [9.17, 15) is 9.90 Å². The molecular weight excluding hydrogens is 266 g/mol. The maximum absolute atomic E-state index is 12.0. The molecule has 4 heteroatoms. The van der Waals surface area contributed by atoms with Crippen molar-refractivity contribution in [2.24, 2.45) is 5.92 Å². The molecule has 21 heavy (non-hydrogen) atoms. The van der Waals surface area contributed by atoms with Crippen molar-refractivity contribution in [3.8, 4) is 5.75 Å². The highest BCUT2D eigenvalue weighted by atomic mass is 16.5. The first-order valence-corrected chi connectivity index (χ1v) is 7.59. The van der Waals surface area contributed by atoms with Gasteiger partial charge in [-0.1, -0.05) is 32.0 Å². The summed E-state index contributed by atoms with van der Waals surface area (Å²) >= 11 is 0. The molecule has 1 unspecified atom stereocenters. The lowest BCUT2D eigenvalue weighted by Crippen LogP contribution is -2.30. The molecule has 0 saturated carbocycles. The van der Waals surface area contributed by atoms with Gasteiger partial charge in [-0.15, -0.1) is 0 Å². The van der Waals surface area contributed by atoms with E-state index in [0.29, 0.717) is 19.4 Å². The van der Waals surface area contributed by atoms with Crippen LogP contribution in [-0.2, 0) is 11.2 Å². The Morgan fingerprint density at radius 3 is 2.52 bits per heavy atom. The summed E-state index contributed by atoms with van der Waals surface area (Å²) in [5, 5.41) is 12.5. The van der Waals surface area contributed by atoms with Gasteiger partial charge in [0, 0.05) is 12.1 Å². The topological polar surface area (TPSA) is 58.6 Å². The molecule has 0 radical (unpaired) electrons. The van der Waals surface area contributed by atoms with Crippen molar-refractivity contribution in [3.63, 3.8) is 0 Å². The molecule has 1 amide bonds. The molecule has 1 aromatic carbocycles. The van der Waals surface area contributed by atoms with Crippen LogP contribution in [-0.4, -0.2) is 29.8 Å². The quantitative estimate of drug-likeness (QED) is 0.774. The number of carbonyl (C=O) groups is 1. The van der Waals surface area contributed by atoms with Crippen LogP contribution in [0.1, 0.15) is 39.7 Å². The number of benzene rings is 1. The fraction of sp³-hybridized carbons (Fsp3) is 0.588. The molecule has 0 aromatic heterocycles. The number of ether oxygens (including phenoxy) is 1. The number of nitrogens with one attached hydrogen (secondary N) is 1. The summed E-state index contributed by atoms with van der Waals surface area (Å²) in [4.78, 5) is 12.0. The standard InChI is InChI=1S/C17H27NO3/c1-12(2)15(19)9-10-18-17(20)11-14-7-5-6-8-16(14)21-13(3)4/h5-8,12-13,15,19H,9-11H2,1-4H3,(H,18,20). The first kappa shape index (κ1) is 17.5. The van der Waals surface area contributed by atoms with Crippen LogP contribution in [0.4, 0.5) is 0 Å².